The fourth-order valence-electron chi connectivity index (χ4n) is 3.58. The van der Waals surface area contributed by atoms with Gasteiger partial charge in [-0.15, -0.1) is 11.7 Å². The maximum Gasteiger partial charge on any atom is 0.344 e. The lowest BCUT2D eigenvalue weighted by atomic mass is 10.0. The number of allylic oxidation sites excluding steroid dienone is 1. The van der Waals surface area contributed by atoms with Crippen LogP contribution >= 0.6 is 0 Å². The number of methoxy groups -OCH3 is 2. The van der Waals surface area contributed by atoms with Gasteiger partial charge >= 0.3 is 6.03 Å². The van der Waals surface area contributed by atoms with Crippen LogP contribution in [-0.2, 0) is 0 Å². The summed E-state index contributed by atoms with van der Waals surface area (Å²) >= 11 is 0. The Kier molecular flexibility index (Phi) is 10.1. The summed E-state index contributed by atoms with van der Waals surface area (Å²) in [6, 6.07) is 11.2. The third-order valence-corrected chi connectivity index (χ3v) is 5.52. The van der Waals surface area contributed by atoms with E-state index in [1.165, 1.54) is 4.68 Å². The smallest absolute Gasteiger partial charge is 0.344 e. The highest BCUT2D eigenvalue weighted by Gasteiger charge is 2.20. The van der Waals surface area contributed by atoms with E-state index in [0.717, 1.165) is 42.6 Å². The molecule has 0 atom stereocenters. The second-order valence-electron chi connectivity index (χ2n) is 8.09. The monoisotopic (exact) mass is 490 g/mol. The Bertz CT molecular complexity index is 1170. The minimum atomic E-state index is -0.340. The summed E-state index contributed by atoms with van der Waals surface area (Å²) in [4.78, 5) is 12.8. The Morgan fingerprint density at radius 3 is 2.58 bits per heavy atom. The van der Waals surface area contributed by atoms with Crippen molar-refractivity contribution in [2.24, 2.45) is 0 Å². The number of nitrogens with zero attached hydrogens (tertiary/aromatic N) is 3. The van der Waals surface area contributed by atoms with Crippen molar-refractivity contribution in [2.45, 2.75) is 32.6 Å². The summed E-state index contributed by atoms with van der Waals surface area (Å²) < 4.78 is 18.2. The molecular formula is C28H34N4O4. The van der Waals surface area contributed by atoms with E-state index < -0.39 is 0 Å². The van der Waals surface area contributed by atoms with Crippen molar-refractivity contribution in [1.82, 2.24) is 20.3 Å². The highest BCUT2D eigenvalue weighted by Crippen LogP contribution is 2.37. The maximum atomic E-state index is 12.8. The van der Waals surface area contributed by atoms with Gasteiger partial charge in [0.2, 0.25) is 0 Å². The number of ether oxygens (including phenoxy) is 3. The SMILES string of the molecule is C=CCCCOc1ccc(/C=C/c2cc(OC)cc(OC)c2-c2cnnn2C(=O)NCCCC)cc1. The van der Waals surface area contributed by atoms with Crippen LogP contribution in [0, 0.1) is 0 Å². The highest BCUT2D eigenvalue weighted by atomic mass is 16.5. The van der Waals surface area contributed by atoms with E-state index in [-0.39, 0.29) is 6.03 Å². The standard InChI is InChI=1S/C28H34N4O4/c1-5-7-9-17-36-23-14-11-21(12-15-23)10-13-22-18-24(34-3)19-26(35-4)27(22)25-20-30-31-32(25)28(33)29-16-8-6-2/h5,10-15,18-20H,1,6-9,16-17H2,2-4H3,(H,29,33)/b13-10+. The molecule has 2 aromatic carbocycles. The van der Waals surface area contributed by atoms with Crippen molar-refractivity contribution in [3.8, 4) is 28.5 Å². The number of carbonyl (C=O) groups excluding carboxylic acids is 1. The molecule has 1 aromatic heterocycles. The molecule has 3 aromatic rings. The lowest BCUT2D eigenvalue weighted by molar-refractivity contribution is 0.239. The molecule has 0 saturated carbocycles. The number of hydrogen-bond donors (Lipinski definition) is 1. The van der Waals surface area contributed by atoms with E-state index in [1.807, 2.05) is 48.6 Å². The van der Waals surface area contributed by atoms with Crippen LogP contribution < -0.4 is 19.5 Å². The number of aromatic nitrogens is 3. The first kappa shape index (κ1) is 26.5. The third-order valence-electron chi connectivity index (χ3n) is 5.52. The van der Waals surface area contributed by atoms with E-state index >= 15 is 0 Å². The number of carbonyl (C=O) groups is 1. The molecule has 1 heterocycles. The molecule has 8 heteroatoms. The Balaban J connectivity index is 1.91. The normalized spacial score (nSPS) is 10.9. The quantitative estimate of drug-likeness (QED) is 0.184. The Morgan fingerprint density at radius 1 is 1.08 bits per heavy atom. The average molecular weight is 491 g/mol. The number of benzene rings is 2. The zero-order chi connectivity index (χ0) is 25.8. The third kappa shape index (κ3) is 6.97. The largest absolute Gasteiger partial charge is 0.497 e. The molecule has 0 fully saturated rings. The molecule has 0 aliphatic carbocycles. The summed E-state index contributed by atoms with van der Waals surface area (Å²) in [7, 11) is 3.18. The molecule has 1 amide bonds. The van der Waals surface area contributed by atoms with Gasteiger partial charge in [0.25, 0.3) is 0 Å². The van der Waals surface area contributed by atoms with E-state index in [4.69, 9.17) is 14.2 Å². The highest BCUT2D eigenvalue weighted by molar-refractivity contribution is 5.88. The van der Waals surface area contributed by atoms with Gasteiger partial charge in [0.05, 0.1) is 32.6 Å². The van der Waals surface area contributed by atoms with Crippen molar-refractivity contribution in [1.29, 1.82) is 0 Å². The van der Waals surface area contributed by atoms with Crippen LogP contribution in [0.5, 0.6) is 17.2 Å². The van der Waals surface area contributed by atoms with Crippen molar-refractivity contribution in [3.63, 3.8) is 0 Å². The van der Waals surface area contributed by atoms with Gasteiger partial charge in [-0.05, 0) is 48.6 Å². The molecule has 3 rings (SSSR count). The van der Waals surface area contributed by atoms with Gasteiger partial charge in [-0.1, -0.05) is 48.9 Å². The fraction of sp³-hybridized carbons (Fsp3) is 0.321. The van der Waals surface area contributed by atoms with Crippen molar-refractivity contribution < 1.29 is 19.0 Å². The van der Waals surface area contributed by atoms with Crippen LogP contribution in [0.3, 0.4) is 0 Å². The summed E-state index contributed by atoms with van der Waals surface area (Å²) in [6.45, 7) is 7.02. The Hall–Kier alpha value is -4.07. The second-order valence-corrected chi connectivity index (χ2v) is 8.09. The molecule has 0 unspecified atom stereocenters. The van der Waals surface area contributed by atoms with Gasteiger partial charge in [0, 0.05) is 12.6 Å². The molecule has 0 spiro atoms. The van der Waals surface area contributed by atoms with Gasteiger partial charge in [-0.2, -0.15) is 4.68 Å². The summed E-state index contributed by atoms with van der Waals surface area (Å²) in [5.74, 6) is 2.00. The van der Waals surface area contributed by atoms with Gasteiger partial charge in [-0.3, -0.25) is 0 Å². The van der Waals surface area contributed by atoms with Crippen molar-refractivity contribution in [3.05, 3.63) is 66.4 Å². The molecule has 0 aliphatic rings. The van der Waals surface area contributed by atoms with E-state index in [1.54, 1.807) is 26.5 Å². The van der Waals surface area contributed by atoms with E-state index in [0.29, 0.717) is 35.9 Å². The zero-order valence-corrected chi connectivity index (χ0v) is 21.2. The molecule has 0 saturated heterocycles. The predicted molar refractivity (Wildman–Crippen MR) is 143 cm³/mol. The molecule has 0 radical (unpaired) electrons. The maximum absolute atomic E-state index is 12.8. The lowest BCUT2D eigenvalue weighted by Crippen LogP contribution is -2.30. The molecule has 0 aliphatic heterocycles. The molecule has 36 heavy (non-hydrogen) atoms. The molecule has 0 bridgehead atoms. The Morgan fingerprint density at radius 2 is 1.89 bits per heavy atom. The number of hydrogen-bond acceptors (Lipinski definition) is 6. The van der Waals surface area contributed by atoms with Gasteiger partial charge in [0.15, 0.2) is 0 Å². The first-order valence-electron chi connectivity index (χ1n) is 12.1. The first-order valence-corrected chi connectivity index (χ1v) is 12.1. The van der Waals surface area contributed by atoms with Crippen molar-refractivity contribution >= 4 is 18.2 Å². The van der Waals surface area contributed by atoms with Crippen molar-refractivity contribution in [2.75, 3.05) is 27.4 Å². The van der Waals surface area contributed by atoms with E-state index in [2.05, 4.69) is 29.1 Å². The predicted octanol–water partition coefficient (Wildman–Crippen LogP) is 5.84. The summed E-state index contributed by atoms with van der Waals surface area (Å²) in [6.07, 6.45) is 11.1. The molecular weight excluding hydrogens is 456 g/mol. The van der Waals surface area contributed by atoms with Crippen LogP contribution in [0.1, 0.15) is 43.7 Å². The van der Waals surface area contributed by atoms with Gasteiger partial charge in [0.1, 0.15) is 22.9 Å². The summed E-state index contributed by atoms with van der Waals surface area (Å²) in [5, 5.41) is 10.9. The first-order chi connectivity index (χ1) is 17.6. The number of unbranched alkanes of at least 4 members (excludes halogenated alkanes) is 2. The molecule has 8 nitrogen and oxygen atoms in total. The molecule has 1 N–H and O–H groups in total. The summed E-state index contributed by atoms with van der Waals surface area (Å²) in [5.41, 5.74) is 2.99. The topological polar surface area (TPSA) is 87.5 Å². The van der Waals surface area contributed by atoms with Gasteiger partial charge < -0.3 is 19.5 Å². The van der Waals surface area contributed by atoms with Crippen LogP contribution in [0.15, 0.2) is 55.3 Å². The fourth-order valence-corrected chi connectivity index (χ4v) is 3.58. The molecule has 190 valence electrons. The van der Waals surface area contributed by atoms with Crippen LogP contribution in [0.25, 0.3) is 23.4 Å². The van der Waals surface area contributed by atoms with Crippen LogP contribution in [0.4, 0.5) is 4.79 Å². The van der Waals surface area contributed by atoms with Gasteiger partial charge in [-0.25, -0.2) is 4.79 Å². The average Bonchev–Trinajstić information content (AvgIpc) is 3.39. The van der Waals surface area contributed by atoms with E-state index in [9.17, 15) is 4.79 Å². The van der Waals surface area contributed by atoms with Crippen LogP contribution in [-0.4, -0.2) is 48.4 Å². The number of amides is 1. The minimum Gasteiger partial charge on any atom is -0.497 e. The minimum absolute atomic E-state index is 0.340. The Labute approximate surface area is 212 Å². The number of nitrogens with one attached hydrogen (secondary N) is 1. The number of rotatable bonds is 13. The zero-order valence-electron chi connectivity index (χ0n) is 21.2. The van der Waals surface area contributed by atoms with Crippen LogP contribution in [0.2, 0.25) is 0 Å². The lowest BCUT2D eigenvalue weighted by Gasteiger charge is -2.15. The second kappa shape index (κ2) is 13.7.